The van der Waals surface area contributed by atoms with Crippen LogP contribution in [-0.4, -0.2) is 53.1 Å². The van der Waals surface area contributed by atoms with Gasteiger partial charge in [0, 0.05) is 26.2 Å². The third kappa shape index (κ3) is 2.76. The Labute approximate surface area is 120 Å². The highest BCUT2D eigenvalue weighted by molar-refractivity contribution is 5.80. The molecular weight excluding hydrogens is 256 g/mol. The first-order chi connectivity index (χ1) is 9.52. The molecule has 0 aliphatic carbocycles. The number of likely N-dealkylation sites (tertiary alicyclic amines) is 2. The van der Waals surface area contributed by atoms with E-state index in [4.69, 9.17) is 0 Å². The van der Waals surface area contributed by atoms with Gasteiger partial charge in [0.05, 0.1) is 5.41 Å². The average molecular weight is 282 g/mol. The molecule has 0 aromatic carbocycles. The van der Waals surface area contributed by atoms with Gasteiger partial charge in [-0.2, -0.15) is 0 Å². The van der Waals surface area contributed by atoms with Crippen LogP contribution in [0.25, 0.3) is 0 Å². The minimum absolute atomic E-state index is 0.0418. The normalized spacial score (nSPS) is 30.0. The molecule has 2 saturated heterocycles. The van der Waals surface area contributed by atoms with Crippen LogP contribution in [0.5, 0.6) is 0 Å². The Bertz CT molecular complexity index is 385. The van der Waals surface area contributed by atoms with Gasteiger partial charge in [-0.15, -0.1) is 0 Å². The summed E-state index contributed by atoms with van der Waals surface area (Å²) in [6, 6.07) is 0.0418. The molecule has 2 atom stereocenters. The Balaban J connectivity index is 1.98. The van der Waals surface area contributed by atoms with Crippen LogP contribution in [0.3, 0.4) is 0 Å². The minimum atomic E-state index is -0.748. The molecule has 0 aromatic heterocycles. The fourth-order valence-corrected chi connectivity index (χ4v) is 3.54. The first kappa shape index (κ1) is 15.1. The van der Waals surface area contributed by atoms with E-state index in [1.807, 2.05) is 11.8 Å². The molecule has 2 aliphatic heterocycles. The third-order valence-electron chi connectivity index (χ3n) is 4.94. The monoisotopic (exact) mass is 282 g/mol. The van der Waals surface area contributed by atoms with Gasteiger partial charge in [-0.05, 0) is 25.2 Å². The first-order valence-electron chi connectivity index (χ1n) is 7.79. The number of aliphatic carboxylic acids is 1. The molecule has 2 unspecified atom stereocenters. The number of amides is 2. The summed E-state index contributed by atoms with van der Waals surface area (Å²) in [6.45, 7) is 6.77. The highest BCUT2D eigenvalue weighted by Crippen LogP contribution is 2.36. The van der Waals surface area contributed by atoms with E-state index >= 15 is 0 Å². The number of carbonyl (C=O) groups is 2. The zero-order chi connectivity index (χ0) is 14.8. The average Bonchev–Trinajstić information content (AvgIpc) is 3.05. The van der Waals surface area contributed by atoms with Crippen LogP contribution in [0.15, 0.2) is 0 Å². The van der Waals surface area contributed by atoms with Crippen LogP contribution in [-0.2, 0) is 4.79 Å². The zero-order valence-corrected chi connectivity index (χ0v) is 12.6. The van der Waals surface area contributed by atoms with E-state index in [9.17, 15) is 14.7 Å². The summed E-state index contributed by atoms with van der Waals surface area (Å²) in [7, 11) is 0. The van der Waals surface area contributed by atoms with Crippen LogP contribution >= 0.6 is 0 Å². The molecule has 2 fully saturated rings. The Morgan fingerprint density at radius 2 is 2.00 bits per heavy atom. The molecule has 0 spiro atoms. The Hall–Kier alpha value is -1.26. The quantitative estimate of drug-likeness (QED) is 0.861. The Morgan fingerprint density at radius 1 is 1.25 bits per heavy atom. The van der Waals surface area contributed by atoms with E-state index < -0.39 is 11.4 Å². The van der Waals surface area contributed by atoms with Gasteiger partial charge in [0.2, 0.25) is 0 Å². The van der Waals surface area contributed by atoms with Crippen LogP contribution in [0.1, 0.15) is 46.0 Å². The molecule has 5 nitrogen and oxygen atoms in total. The standard InChI is InChI=1S/C15H26N2O3/c1-3-6-15(13(18)19)7-9-17(11-15)14(20)16-8-5-12(4-2)10-16/h12H,3-11H2,1-2H3,(H,18,19). The largest absolute Gasteiger partial charge is 0.481 e. The summed E-state index contributed by atoms with van der Waals surface area (Å²) in [4.78, 5) is 27.7. The van der Waals surface area contributed by atoms with Crippen LogP contribution in [0.2, 0.25) is 0 Å². The van der Waals surface area contributed by atoms with E-state index in [2.05, 4.69) is 6.92 Å². The van der Waals surface area contributed by atoms with Gasteiger partial charge in [-0.1, -0.05) is 26.7 Å². The SMILES string of the molecule is CCCC1(C(=O)O)CCN(C(=O)N2CCC(CC)C2)C1. The van der Waals surface area contributed by atoms with E-state index in [-0.39, 0.29) is 6.03 Å². The van der Waals surface area contributed by atoms with Crippen molar-refractivity contribution >= 4 is 12.0 Å². The third-order valence-corrected chi connectivity index (χ3v) is 4.94. The summed E-state index contributed by atoms with van der Waals surface area (Å²) in [6.07, 6.45) is 4.28. The molecule has 0 aromatic rings. The van der Waals surface area contributed by atoms with E-state index in [0.29, 0.717) is 31.8 Å². The van der Waals surface area contributed by atoms with Crippen molar-refractivity contribution < 1.29 is 14.7 Å². The summed E-state index contributed by atoms with van der Waals surface area (Å²) < 4.78 is 0. The predicted molar refractivity (Wildman–Crippen MR) is 76.5 cm³/mol. The van der Waals surface area contributed by atoms with Crippen molar-refractivity contribution in [2.24, 2.45) is 11.3 Å². The lowest BCUT2D eigenvalue weighted by atomic mass is 9.83. The smallest absolute Gasteiger partial charge is 0.320 e. The number of carbonyl (C=O) groups excluding carboxylic acids is 1. The topological polar surface area (TPSA) is 60.9 Å². The van der Waals surface area contributed by atoms with Crippen molar-refractivity contribution in [3.05, 3.63) is 0 Å². The number of carboxylic acid groups (broad SMARTS) is 1. The number of urea groups is 1. The summed E-state index contributed by atoms with van der Waals surface area (Å²) in [5.41, 5.74) is -0.714. The number of hydrogen-bond donors (Lipinski definition) is 1. The molecule has 114 valence electrons. The minimum Gasteiger partial charge on any atom is -0.481 e. The van der Waals surface area contributed by atoms with Crippen LogP contribution in [0.4, 0.5) is 4.79 Å². The van der Waals surface area contributed by atoms with Gasteiger partial charge in [-0.3, -0.25) is 4.79 Å². The molecular formula is C15H26N2O3. The van der Waals surface area contributed by atoms with Gasteiger partial charge in [0.15, 0.2) is 0 Å². The lowest BCUT2D eigenvalue weighted by molar-refractivity contribution is -0.148. The van der Waals surface area contributed by atoms with Crippen LogP contribution < -0.4 is 0 Å². The maximum Gasteiger partial charge on any atom is 0.320 e. The number of nitrogens with zero attached hydrogens (tertiary/aromatic N) is 2. The summed E-state index contributed by atoms with van der Waals surface area (Å²) in [5.74, 6) is -0.135. The van der Waals surface area contributed by atoms with E-state index in [1.54, 1.807) is 4.90 Å². The molecule has 2 aliphatic rings. The van der Waals surface area contributed by atoms with E-state index in [1.165, 1.54) is 0 Å². The van der Waals surface area contributed by atoms with Gasteiger partial charge in [-0.25, -0.2) is 4.79 Å². The number of hydrogen-bond acceptors (Lipinski definition) is 2. The van der Waals surface area contributed by atoms with E-state index in [0.717, 1.165) is 32.4 Å². The molecule has 0 saturated carbocycles. The van der Waals surface area contributed by atoms with Gasteiger partial charge >= 0.3 is 12.0 Å². The maximum absolute atomic E-state index is 12.5. The zero-order valence-electron chi connectivity index (χ0n) is 12.6. The fourth-order valence-electron chi connectivity index (χ4n) is 3.54. The van der Waals surface area contributed by atoms with Gasteiger partial charge in [0.25, 0.3) is 0 Å². The summed E-state index contributed by atoms with van der Waals surface area (Å²) in [5, 5.41) is 9.49. The predicted octanol–water partition coefficient (Wildman–Crippen LogP) is 2.42. The van der Waals surface area contributed by atoms with Crippen molar-refractivity contribution in [1.29, 1.82) is 0 Å². The van der Waals surface area contributed by atoms with Crippen molar-refractivity contribution in [2.75, 3.05) is 26.2 Å². The van der Waals surface area contributed by atoms with Crippen molar-refractivity contribution in [2.45, 2.75) is 46.0 Å². The molecule has 20 heavy (non-hydrogen) atoms. The van der Waals surface area contributed by atoms with Crippen molar-refractivity contribution in [3.8, 4) is 0 Å². The molecule has 1 N–H and O–H groups in total. The Morgan fingerprint density at radius 3 is 2.55 bits per heavy atom. The lowest BCUT2D eigenvalue weighted by Crippen LogP contribution is -2.43. The fraction of sp³-hybridized carbons (Fsp3) is 0.867. The highest BCUT2D eigenvalue weighted by Gasteiger charge is 2.46. The maximum atomic E-state index is 12.5. The van der Waals surface area contributed by atoms with Crippen molar-refractivity contribution in [1.82, 2.24) is 9.80 Å². The second kappa shape index (κ2) is 6.02. The number of rotatable bonds is 4. The number of carboxylic acids is 1. The second-order valence-electron chi connectivity index (χ2n) is 6.30. The molecule has 2 heterocycles. The molecule has 0 radical (unpaired) electrons. The summed E-state index contributed by atoms with van der Waals surface area (Å²) >= 11 is 0. The lowest BCUT2D eigenvalue weighted by Gasteiger charge is -2.27. The van der Waals surface area contributed by atoms with Crippen LogP contribution in [0, 0.1) is 11.3 Å². The van der Waals surface area contributed by atoms with Gasteiger partial charge in [0.1, 0.15) is 0 Å². The molecule has 2 amide bonds. The highest BCUT2D eigenvalue weighted by atomic mass is 16.4. The molecule has 5 heteroatoms. The van der Waals surface area contributed by atoms with Gasteiger partial charge < -0.3 is 14.9 Å². The molecule has 2 rings (SSSR count). The second-order valence-corrected chi connectivity index (χ2v) is 6.30. The molecule has 0 bridgehead atoms. The van der Waals surface area contributed by atoms with Crippen molar-refractivity contribution in [3.63, 3.8) is 0 Å². The Kier molecular flexibility index (Phi) is 4.55. The first-order valence-corrected chi connectivity index (χ1v) is 7.79.